The molecule has 0 radical (unpaired) electrons. The molecule has 0 rings (SSSR count). The molecule has 0 unspecified atom stereocenters. The molecule has 0 aromatic heterocycles. The molecule has 0 aliphatic rings. The van der Waals surface area contributed by atoms with E-state index in [4.69, 9.17) is 10.2 Å². The van der Waals surface area contributed by atoms with Crippen LogP contribution in [-0.4, -0.2) is 16.8 Å². The lowest BCUT2D eigenvalue weighted by Crippen LogP contribution is -1.72. The van der Waals surface area contributed by atoms with Crippen LogP contribution in [-0.2, 0) is 0 Å². The standard InChI is InChI=1S/C5H8O2/c1-5(7)3-2-4-6/h2-3,6-7H,1,4H2/b3-2+. The zero-order valence-corrected chi connectivity index (χ0v) is 3.96. The normalized spacial score (nSPS) is 9.86. The van der Waals surface area contributed by atoms with Crippen molar-refractivity contribution in [1.29, 1.82) is 0 Å². The molecule has 0 amide bonds. The van der Waals surface area contributed by atoms with Gasteiger partial charge in [0.2, 0.25) is 0 Å². The number of allylic oxidation sites excluding steroid dienone is 1. The fraction of sp³-hybridized carbons (Fsp3) is 0.200. The van der Waals surface area contributed by atoms with E-state index >= 15 is 0 Å². The predicted octanol–water partition coefficient (Wildman–Crippen LogP) is 0.607. The Labute approximate surface area is 42.4 Å². The van der Waals surface area contributed by atoms with Crippen LogP contribution < -0.4 is 0 Å². The smallest absolute Gasteiger partial charge is 0.108 e. The van der Waals surface area contributed by atoms with Crippen molar-refractivity contribution < 1.29 is 10.2 Å². The quantitative estimate of drug-likeness (QED) is 0.394. The van der Waals surface area contributed by atoms with Gasteiger partial charge in [-0.15, -0.1) is 0 Å². The Morgan fingerprint density at radius 1 is 1.71 bits per heavy atom. The first kappa shape index (κ1) is 6.24. The van der Waals surface area contributed by atoms with Crippen molar-refractivity contribution in [2.24, 2.45) is 0 Å². The van der Waals surface area contributed by atoms with E-state index in [1.54, 1.807) is 0 Å². The number of aliphatic hydroxyl groups excluding tert-OH is 2. The van der Waals surface area contributed by atoms with Crippen molar-refractivity contribution in [2.45, 2.75) is 0 Å². The van der Waals surface area contributed by atoms with Crippen LogP contribution in [0, 0.1) is 0 Å². The summed E-state index contributed by atoms with van der Waals surface area (Å²) in [5, 5.41) is 16.4. The lowest BCUT2D eigenvalue weighted by Gasteiger charge is -1.79. The van der Waals surface area contributed by atoms with E-state index in [0.717, 1.165) is 0 Å². The van der Waals surface area contributed by atoms with Crippen LogP contribution in [0.1, 0.15) is 0 Å². The van der Waals surface area contributed by atoms with Crippen molar-refractivity contribution in [2.75, 3.05) is 6.61 Å². The van der Waals surface area contributed by atoms with Crippen LogP contribution in [0.2, 0.25) is 0 Å². The second kappa shape index (κ2) is 3.43. The van der Waals surface area contributed by atoms with E-state index in [9.17, 15) is 0 Å². The number of hydrogen-bond donors (Lipinski definition) is 2. The molecule has 0 aliphatic carbocycles. The molecule has 0 fully saturated rings. The molecule has 0 bridgehead atoms. The molecule has 2 nitrogen and oxygen atoms in total. The van der Waals surface area contributed by atoms with Crippen LogP contribution in [0.3, 0.4) is 0 Å². The minimum atomic E-state index is -0.0560. The van der Waals surface area contributed by atoms with E-state index in [2.05, 4.69) is 6.58 Å². The maximum atomic E-state index is 8.29. The van der Waals surface area contributed by atoms with Gasteiger partial charge in [-0.2, -0.15) is 0 Å². The highest BCUT2D eigenvalue weighted by atomic mass is 16.3. The minimum Gasteiger partial charge on any atom is -0.509 e. The van der Waals surface area contributed by atoms with E-state index in [-0.39, 0.29) is 12.4 Å². The Morgan fingerprint density at radius 2 is 2.29 bits per heavy atom. The molecule has 0 atom stereocenters. The summed E-state index contributed by atoms with van der Waals surface area (Å²) in [6, 6.07) is 0. The monoisotopic (exact) mass is 100 g/mol. The first-order valence-corrected chi connectivity index (χ1v) is 1.92. The van der Waals surface area contributed by atoms with E-state index in [1.165, 1.54) is 12.2 Å². The van der Waals surface area contributed by atoms with E-state index in [1.807, 2.05) is 0 Å². The predicted molar refractivity (Wildman–Crippen MR) is 28.0 cm³/mol. The maximum Gasteiger partial charge on any atom is 0.108 e. The third-order valence-corrected chi connectivity index (χ3v) is 0.416. The van der Waals surface area contributed by atoms with Gasteiger partial charge in [0.25, 0.3) is 0 Å². The lowest BCUT2D eigenvalue weighted by atomic mass is 10.5. The highest BCUT2D eigenvalue weighted by Gasteiger charge is 1.70. The highest BCUT2D eigenvalue weighted by Crippen LogP contribution is 1.81. The summed E-state index contributed by atoms with van der Waals surface area (Å²) in [6.07, 6.45) is 2.74. The summed E-state index contributed by atoms with van der Waals surface area (Å²) >= 11 is 0. The van der Waals surface area contributed by atoms with Gasteiger partial charge in [0.15, 0.2) is 0 Å². The molecular weight excluding hydrogens is 92.1 g/mol. The first-order valence-electron chi connectivity index (χ1n) is 1.92. The van der Waals surface area contributed by atoms with Gasteiger partial charge < -0.3 is 10.2 Å². The Kier molecular flexibility index (Phi) is 3.06. The number of rotatable bonds is 2. The van der Waals surface area contributed by atoms with Crippen molar-refractivity contribution in [3.63, 3.8) is 0 Å². The van der Waals surface area contributed by atoms with Gasteiger partial charge in [0.05, 0.1) is 6.61 Å². The summed E-state index contributed by atoms with van der Waals surface area (Å²) in [7, 11) is 0. The largest absolute Gasteiger partial charge is 0.509 e. The van der Waals surface area contributed by atoms with Crippen molar-refractivity contribution in [3.05, 3.63) is 24.5 Å². The topological polar surface area (TPSA) is 40.5 Å². The second-order valence-corrected chi connectivity index (χ2v) is 1.08. The lowest BCUT2D eigenvalue weighted by molar-refractivity contribution is 0.341. The van der Waals surface area contributed by atoms with Gasteiger partial charge >= 0.3 is 0 Å². The summed E-state index contributed by atoms with van der Waals surface area (Å²) < 4.78 is 0. The summed E-state index contributed by atoms with van der Waals surface area (Å²) in [5.74, 6) is -0.0333. The van der Waals surface area contributed by atoms with Gasteiger partial charge in [0, 0.05) is 0 Å². The van der Waals surface area contributed by atoms with Crippen LogP contribution >= 0.6 is 0 Å². The van der Waals surface area contributed by atoms with Gasteiger partial charge in [0.1, 0.15) is 5.76 Å². The molecular formula is C5H8O2. The van der Waals surface area contributed by atoms with Crippen LogP contribution in [0.5, 0.6) is 0 Å². The SMILES string of the molecule is C=C(O)/C=C/CO. The molecule has 0 spiro atoms. The molecule has 2 heteroatoms. The van der Waals surface area contributed by atoms with Gasteiger partial charge in [-0.1, -0.05) is 12.7 Å². The minimum absolute atomic E-state index is 0.0333. The Balaban J connectivity index is 3.26. The zero-order chi connectivity index (χ0) is 5.70. The molecule has 0 saturated heterocycles. The molecule has 0 aromatic rings. The average molecular weight is 100 g/mol. The summed E-state index contributed by atoms with van der Waals surface area (Å²) in [5.41, 5.74) is 0. The molecule has 7 heavy (non-hydrogen) atoms. The van der Waals surface area contributed by atoms with E-state index in [0.29, 0.717) is 0 Å². The average Bonchev–Trinajstić information content (AvgIpc) is 1.61. The Bertz CT molecular complexity index is 84.1. The van der Waals surface area contributed by atoms with Gasteiger partial charge in [-0.25, -0.2) is 0 Å². The first-order chi connectivity index (χ1) is 3.27. The van der Waals surface area contributed by atoms with Gasteiger partial charge in [-0.3, -0.25) is 0 Å². The second-order valence-electron chi connectivity index (χ2n) is 1.08. The fourth-order valence-electron chi connectivity index (χ4n) is 0.189. The van der Waals surface area contributed by atoms with Crippen LogP contribution in [0.15, 0.2) is 24.5 Å². The maximum absolute atomic E-state index is 8.29. The zero-order valence-electron chi connectivity index (χ0n) is 3.96. The van der Waals surface area contributed by atoms with Crippen molar-refractivity contribution >= 4 is 0 Å². The summed E-state index contributed by atoms with van der Waals surface area (Å²) in [4.78, 5) is 0. The number of hydrogen-bond acceptors (Lipinski definition) is 2. The van der Waals surface area contributed by atoms with Crippen molar-refractivity contribution in [3.8, 4) is 0 Å². The molecule has 0 saturated carbocycles. The molecule has 40 valence electrons. The fourth-order valence-corrected chi connectivity index (χ4v) is 0.189. The highest BCUT2D eigenvalue weighted by molar-refractivity contribution is 5.04. The van der Waals surface area contributed by atoms with E-state index < -0.39 is 0 Å². The molecule has 0 heterocycles. The summed E-state index contributed by atoms with van der Waals surface area (Å²) in [6.45, 7) is 3.09. The van der Waals surface area contributed by atoms with Crippen LogP contribution in [0.4, 0.5) is 0 Å². The van der Waals surface area contributed by atoms with Gasteiger partial charge in [-0.05, 0) is 6.08 Å². The third kappa shape index (κ3) is 5.24. The number of aliphatic hydroxyl groups is 2. The van der Waals surface area contributed by atoms with Crippen LogP contribution in [0.25, 0.3) is 0 Å². The molecule has 0 aliphatic heterocycles. The van der Waals surface area contributed by atoms with Crippen molar-refractivity contribution in [1.82, 2.24) is 0 Å². The molecule has 2 N–H and O–H groups in total. The Hall–Kier alpha value is -0.760. The Morgan fingerprint density at radius 3 is 2.43 bits per heavy atom. The third-order valence-electron chi connectivity index (χ3n) is 0.416. The molecule has 0 aromatic carbocycles.